The van der Waals surface area contributed by atoms with Gasteiger partial charge in [0.2, 0.25) is 0 Å². The highest BCUT2D eigenvalue weighted by Gasteiger charge is 2.11. The minimum Gasteiger partial charge on any atom is -0.497 e. The number of rotatable bonds is 5. The maximum Gasteiger partial charge on any atom is 0.119 e. The molecule has 0 amide bonds. The molecule has 0 aliphatic carbocycles. The third-order valence-corrected chi connectivity index (χ3v) is 3.83. The minimum absolute atomic E-state index is 0.0234. The Hall–Kier alpha value is -1.33. The van der Waals surface area contributed by atoms with Crippen molar-refractivity contribution in [1.29, 1.82) is 0 Å². The summed E-state index contributed by atoms with van der Waals surface area (Å²) in [5, 5.41) is 4.16. The van der Waals surface area contributed by atoms with Gasteiger partial charge in [-0.2, -0.15) is 5.10 Å². The Labute approximate surface area is 121 Å². The fourth-order valence-electron chi connectivity index (χ4n) is 2.01. The first-order chi connectivity index (χ1) is 9.10. The van der Waals surface area contributed by atoms with Gasteiger partial charge in [-0.3, -0.25) is 4.68 Å². The van der Waals surface area contributed by atoms with Crippen molar-refractivity contribution in [3.63, 3.8) is 0 Å². The number of hydrogen-bond acceptors (Lipinski definition) is 3. The third kappa shape index (κ3) is 3.58. The molecular weight excluding hydrogens is 306 g/mol. The molecule has 1 atom stereocenters. The van der Waals surface area contributed by atoms with Crippen LogP contribution in [0.3, 0.4) is 0 Å². The van der Waals surface area contributed by atoms with Crippen LogP contribution in [0.1, 0.15) is 23.6 Å². The normalized spacial score (nSPS) is 12.4. The summed E-state index contributed by atoms with van der Waals surface area (Å²) >= 11 is 3.54. The fraction of sp³-hybridized carbons (Fsp3) is 0.357. The lowest BCUT2D eigenvalue weighted by atomic mass is 10.0. The van der Waals surface area contributed by atoms with Gasteiger partial charge in [0.15, 0.2) is 0 Å². The fourth-order valence-corrected chi connectivity index (χ4v) is 2.55. The molecule has 1 aromatic heterocycles. The molecule has 0 aliphatic heterocycles. The Morgan fingerprint density at radius 3 is 2.89 bits per heavy atom. The van der Waals surface area contributed by atoms with Crippen molar-refractivity contribution in [3.05, 3.63) is 46.2 Å². The van der Waals surface area contributed by atoms with Crippen LogP contribution in [-0.4, -0.2) is 16.9 Å². The number of aryl methyl sites for hydroxylation is 2. The molecule has 102 valence electrons. The van der Waals surface area contributed by atoms with Crippen molar-refractivity contribution in [1.82, 2.24) is 9.78 Å². The lowest BCUT2D eigenvalue weighted by molar-refractivity contribution is 0.413. The second-order valence-electron chi connectivity index (χ2n) is 4.55. The number of benzene rings is 1. The van der Waals surface area contributed by atoms with Crippen LogP contribution in [0.25, 0.3) is 0 Å². The highest BCUT2D eigenvalue weighted by Crippen LogP contribution is 2.28. The highest BCUT2D eigenvalue weighted by atomic mass is 79.9. The predicted molar refractivity (Wildman–Crippen MR) is 79.2 cm³/mol. The molecule has 1 unspecified atom stereocenters. The molecule has 0 saturated heterocycles. The van der Waals surface area contributed by atoms with E-state index in [0.717, 1.165) is 28.6 Å². The lowest BCUT2D eigenvalue weighted by Gasteiger charge is -2.14. The molecule has 0 fully saturated rings. The van der Waals surface area contributed by atoms with Gasteiger partial charge in [-0.1, -0.05) is 15.9 Å². The van der Waals surface area contributed by atoms with E-state index in [4.69, 9.17) is 10.5 Å². The average molecular weight is 324 g/mol. The van der Waals surface area contributed by atoms with Crippen LogP contribution >= 0.6 is 15.9 Å². The van der Waals surface area contributed by atoms with Crippen molar-refractivity contribution in [2.24, 2.45) is 12.8 Å². The van der Waals surface area contributed by atoms with Crippen molar-refractivity contribution in [2.45, 2.75) is 18.9 Å². The Kier molecular flexibility index (Phi) is 4.61. The van der Waals surface area contributed by atoms with Gasteiger partial charge < -0.3 is 10.5 Å². The number of aromatic nitrogens is 2. The Morgan fingerprint density at radius 2 is 2.26 bits per heavy atom. The number of nitrogens with zero attached hydrogens (tertiary/aromatic N) is 2. The van der Waals surface area contributed by atoms with Gasteiger partial charge in [0.25, 0.3) is 0 Å². The Balaban J connectivity index is 2.04. The van der Waals surface area contributed by atoms with E-state index in [9.17, 15) is 0 Å². The maximum atomic E-state index is 6.26. The Bertz CT molecular complexity index is 553. The van der Waals surface area contributed by atoms with Gasteiger partial charge >= 0.3 is 0 Å². The largest absolute Gasteiger partial charge is 0.497 e. The molecule has 0 spiro atoms. The molecular formula is C14H18BrN3O. The summed E-state index contributed by atoms with van der Waals surface area (Å²) in [5.74, 6) is 0.829. The van der Waals surface area contributed by atoms with Crippen LogP contribution in [0, 0.1) is 0 Å². The molecule has 2 rings (SSSR count). The minimum atomic E-state index is -0.0234. The summed E-state index contributed by atoms with van der Waals surface area (Å²) < 4.78 is 8.06. The molecule has 0 saturated carbocycles. The average Bonchev–Trinajstić information content (AvgIpc) is 2.82. The highest BCUT2D eigenvalue weighted by molar-refractivity contribution is 9.10. The maximum absolute atomic E-state index is 6.26. The van der Waals surface area contributed by atoms with Gasteiger partial charge in [-0.25, -0.2) is 0 Å². The zero-order valence-electron chi connectivity index (χ0n) is 11.1. The van der Waals surface area contributed by atoms with Crippen LogP contribution in [0.5, 0.6) is 5.75 Å². The molecule has 4 nitrogen and oxygen atoms in total. The van der Waals surface area contributed by atoms with Crippen LogP contribution in [-0.2, 0) is 13.5 Å². The summed E-state index contributed by atoms with van der Waals surface area (Å²) in [6.07, 6.45) is 5.69. The summed E-state index contributed by atoms with van der Waals surface area (Å²) in [7, 11) is 3.58. The molecule has 1 heterocycles. The van der Waals surface area contributed by atoms with Crippen molar-refractivity contribution >= 4 is 15.9 Å². The molecule has 0 aliphatic rings. The van der Waals surface area contributed by atoms with Crippen molar-refractivity contribution in [2.75, 3.05) is 7.11 Å². The van der Waals surface area contributed by atoms with Gasteiger partial charge in [-0.05, 0) is 42.2 Å². The van der Waals surface area contributed by atoms with E-state index < -0.39 is 0 Å². The van der Waals surface area contributed by atoms with E-state index in [-0.39, 0.29) is 6.04 Å². The standard InChI is InChI=1S/C14H18BrN3O/c1-18-9-10(8-17-18)3-6-14(16)12-7-11(19-2)4-5-13(12)15/h4-5,7-9,14H,3,6,16H2,1-2H3. The Morgan fingerprint density at radius 1 is 1.47 bits per heavy atom. The van der Waals surface area contributed by atoms with Gasteiger partial charge in [0.05, 0.1) is 13.3 Å². The first-order valence-corrected chi connectivity index (χ1v) is 6.96. The van der Waals surface area contributed by atoms with Crippen LogP contribution in [0.4, 0.5) is 0 Å². The first kappa shape index (κ1) is 14.1. The quantitative estimate of drug-likeness (QED) is 0.920. The van der Waals surface area contributed by atoms with E-state index in [1.165, 1.54) is 5.56 Å². The molecule has 0 bridgehead atoms. The molecule has 1 aromatic carbocycles. The van der Waals surface area contributed by atoms with E-state index in [1.807, 2.05) is 42.3 Å². The van der Waals surface area contributed by atoms with Crippen LogP contribution in [0.2, 0.25) is 0 Å². The smallest absolute Gasteiger partial charge is 0.119 e. The zero-order chi connectivity index (χ0) is 13.8. The second-order valence-corrected chi connectivity index (χ2v) is 5.41. The number of ether oxygens (including phenoxy) is 1. The van der Waals surface area contributed by atoms with E-state index in [0.29, 0.717) is 0 Å². The van der Waals surface area contributed by atoms with E-state index in [2.05, 4.69) is 21.0 Å². The van der Waals surface area contributed by atoms with E-state index >= 15 is 0 Å². The molecule has 19 heavy (non-hydrogen) atoms. The summed E-state index contributed by atoms with van der Waals surface area (Å²) in [6, 6.07) is 5.85. The predicted octanol–water partition coefficient (Wildman–Crippen LogP) is 2.82. The summed E-state index contributed by atoms with van der Waals surface area (Å²) in [4.78, 5) is 0. The monoisotopic (exact) mass is 323 g/mol. The summed E-state index contributed by atoms with van der Waals surface area (Å²) in [5.41, 5.74) is 8.54. The van der Waals surface area contributed by atoms with Gasteiger partial charge in [-0.15, -0.1) is 0 Å². The summed E-state index contributed by atoms with van der Waals surface area (Å²) in [6.45, 7) is 0. The van der Waals surface area contributed by atoms with Crippen molar-refractivity contribution in [3.8, 4) is 5.75 Å². The SMILES string of the molecule is COc1ccc(Br)c(C(N)CCc2cnn(C)c2)c1. The van der Waals surface area contributed by atoms with Crippen LogP contribution in [0.15, 0.2) is 35.1 Å². The molecule has 5 heteroatoms. The third-order valence-electron chi connectivity index (χ3n) is 3.11. The number of hydrogen-bond donors (Lipinski definition) is 1. The van der Waals surface area contributed by atoms with E-state index in [1.54, 1.807) is 7.11 Å². The molecule has 0 radical (unpaired) electrons. The lowest BCUT2D eigenvalue weighted by Crippen LogP contribution is -2.12. The number of halogens is 1. The topological polar surface area (TPSA) is 53.1 Å². The number of methoxy groups -OCH3 is 1. The number of nitrogens with two attached hydrogens (primary N) is 1. The molecule has 2 aromatic rings. The van der Waals surface area contributed by atoms with Gasteiger partial charge in [0.1, 0.15) is 5.75 Å². The molecule has 2 N–H and O–H groups in total. The van der Waals surface area contributed by atoms with Gasteiger partial charge in [0, 0.05) is 23.8 Å². The van der Waals surface area contributed by atoms with Crippen LogP contribution < -0.4 is 10.5 Å². The zero-order valence-corrected chi connectivity index (χ0v) is 12.7. The second kappa shape index (κ2) is 6.21. The first-order valence-electron chi connectivity index (χ1n) is 6.16. The van der Waals surface area contributed by atoms with Crippen molar-refractivity contribution < 1.29 is 4.74 Å².